The maximum absolute atomic E-state index is 12.2. The summed E-state index contributed by atoms with van der Waals surface area (Å²) in [5, 5.41) is 0. The lowest BCUT2D eigenvalue weighted by Gasteiger charge is -2.18. The van der Waals surface area contributed by atoms with Crippen LogP contribution < -0.4 is 15.6 Å². The average molecular weight is 303 g/mol. The van der Waals surface area contributed by atoms with Gasteiger partial charge in [-0.3, -0.25) is 15.5 Å². The number of anilines is 2. The molecule has 3 N–H and O–H groups in total. The monoisotopic (exact) mass is 303 g/mol. The lowest BCUT2D eigenvalue weighted by molar-refractivity contribution is -0.116. The molecule has 1 heterocycles. The maximum atomic E-state index is 12.2. The Kier molecular flexibility index (Phi) is 3.25. The van der Waals surface area contributed by atoms with Crippen molar-refractivity contribution in [2.24, 2.45) is 5.84 Å². The van der Waals surface area contributed by atoms with Gasteiger partial charge in [0.2, 0.25) is 5.91 Å². The van der Waals surface area contributed by atoms with Crippen molar-refractivity contribution in [1.82, 2.24) is 4.83 Å². The number of nitrogens with two attached hydrogens (primary N) is 1. The fourth-order valence-electron chi connectivity index (χ4n) is 2.40. The van der Waals surface area contributed by atoms with Gasteiger partial charge in [-0.1, -0.05) is 24.3 Å². The first-order valence-electron chi connectivity index (χ1n) is 6.26. The molecule has 1 amide bonds. The van der Waals surface area contributed by atoms with Crippen molar-refractivity contribution in [1.29, 1.82) is 0 Å². The second-order valence-corrected chi connectivity index (χ2v) is 6.37. The van der Waals surface area contributed by atoms with E-state index in [-0.39, 0.29) is 10.8 Å². The number of amides is 1. The Morgan fingerprint density at radius 3 is 2.62 bits per heavy atom. The predicted molar refractivity (Wildman–Crippen MR) is 78.2 cm³/mol. The van der Waals surface area contributed by atoms with Crippen LogP contribution >= 0.6 is 0 Å². The molecule has 6 nitrogen and oxygen atoms in total. The number of hydrogen-bond acceptors (Lipinski definition) is 4. The third-order valence-electron chi connectivity index (χ3n) is 3.36. The molecule has 7 heteroatoms. The van der Waals surface area contributed by atoms with E-state index in [9.17, 15) is 13.2 Å². The quantitative estimate of drug-likeness (QED) is 0.655. The van der Waals surface area contributed by atoms with E-state index in [1.165, 1.54) is 17.0 Å². The summed E-state index contributed by atoms with van der Waals surface area (Å²) in [7, 11) is -3.76. The van der Waals surface area contributed by atoms with Crippen molar-refractivity contribution in [2.75, 3.05) is 4.90 Å². The average Bonchev–Trinajstić information content (AvgIpc) is 2.83. The smallest absolute Gasteiger partial charge is 0.253 e. The highest BCUT2D eigenvalue weighted by Crippen LogP contribution is 2.35. The first kappa shape index (κ1) is 13.7. The molecule has 108 valence electrons. The molecule has 3 rings (SSSR count). The van der Waals surface area contributed by atoms with Crippen molar-refractivity contribution in [3.8, 4) is 0 Å². The highest BCUT2D eigenvalue weighted by atomic mass is 32.2. The predicted octanol–water partition coefficient (Wildman–Crippen LogP) is 1.06. The Bertz CT molecular complexity index is 818. The minimum Gasteiger partial charge on any atom is -0.280 e. The number of benzene rings is 2. The summed E-state index contributed by atoms with van der Waals surface area (Å²) in [5.74, 6) is 4.94. The van der Waals surface area contributed by atoms with Gasteiger partial charge in [-0.2, -0.15) is 4.83 Å². The number of carbonyl (C=O) groups is 1. The molecule has 0 fully saturated rings. The lowest BCUT2D eigenvalue weighted by atomic mass is 10.2. The summed E-state index contributed by atoms with van der Waals surface area (Å²) in [6.07, 6.45) is 0.308. The molecular weight excluding hydrogens is 290 g/mol. The lowest BCUT2D eigenvalue weighted by Crippen LogP contribution is -2.30. The summed E-state index contributed by atoms with van der Waals surface area (Å²) in [5.41, 5.74) is 2.20. The van der Waals surface area contributed by atoms with Crippen LogP contribution in [0.15, 0.2) is 53.4 Å². The van der Waals surface area contributed by atoms with Gasteiger partial charge in [-0.05, 0) is 29.8 Å². The molecule has 0 aliphatic carbocycles. The number of hydrogen-bond donors (Lipinski definition) is 2. The van der Waals surface area contributed by atoms with E-state index in [0.717, 1.165) is 11.3 Å². The van der Waals surface area contributed by atoms with Gasteiger partial charge in [-0.25, -0.2) is 8.42 Å². The molecule has 2 aromatic rings. The van der Waals surface area contributed by atoms with Crippen molar-refractivity contribution in [3.63, 3.8) is 0 Å². The zero-order chi connectivity index (χ0) is 15.0. The molecule has 0 bridgehead atoms. The van der Waals surface area contributed by atoms with Crippen molar-refractivity contribution < 1.29 is 13.2 Å². The van der Waals surface area contributed by atoms with Gasteiger partial charge in [0.25, 0.3) is 10.0 Å². The first-order chi connectivity index (χ1) is 10.0. The van der Waals surface area contributed by atoms with Crippen LogP contribution in [0.1, 0.15) is 5.56 Å². The summed E-state index contributed by atoms with van der Waals surface area (Å²) in [6.45, 7) is 0. The maximum Gasteiger partial charge on any atom is 0.253 e. The Balaban J connectivity index is 2.10. The number of rotatable bonds is 3. The number of sulfonamides is 1. The zero-order valence-corrected chi connectivity index (χ0v) is 11.8. The van der Waals surface area contributed by atoms with Gasteiger partial charge in [0.15, 0.2) is 0 Å². The van der Waals surface area contributed by atoms with Crippen LogP contribution in [0.5, 0.6) is 0 Å². The van der Waals surface area contributed by atoms with Gasteiger partial charge in [0, 0.05) is 0 Å². The molecule has 0 unspecified atom stereocenters. The van der Waals surface area contributed by atoms with Crippen molar-refractivity contribution in [3.05, 3.63) is 54.1 Å². The largest absolute Gasteiger partial charge is 0.280 e. The molecule has 0 saturated heterocycles. The zero-order valence-electron chi connectivity index (χ0n) is 11.0. The van der Waals surface area contributed by atoms with Crippen LogP contribution in [0.25, 0.3) is 0 Å². The minimum absolute atomic E-state index is 0.0136. The van der Waals surface area contributed by atoms with E-state index in [2.05, 4.69) is 0 Å². The van der Waals surface area contributed by atoms with Crippen molar-refractivity contribution in [2.45, 2.75) is 11.3 Å². The topological polar surface area (TPSA) is 92.5 Å². The normalized spacial score (nSPS) is 14.3. The first-order valence-corrected chi connectivity index (χ1v) is 7.74. The number of para-hydroxylation sites is 1. The molecule has 2 aromatic carbocycles. The highest BCUT2D eigenvalue weighted by molar-refractivity contribution is 7.89. The van der Waals surface area contributed by atoms with Crippen LogP contribution in [-0.2, 0) is 21.2 Å². The number of nitrogens with zero attached hydrogens (tertiary/aromatic N) is 1. The standard InChI is InChI=1S/C14H13N3O3S/c15-16-21(19,20)12-6-3-5-11(9-12)17-13-7-2-1-4-10(13)8-14(17)18/h1-7,9,16H,8,15H2. The van der Waals surface area contributed by atoms with Gasteiger partial charge < -0.3 is 0 Å². The van der Waals surface area contributed by atoms with Crippen LogP contribution in [0.4, 0.5) is 11.4 Å². The second kappa shape index (κ2) is 4.96. The Labute approximate surface area is 122 Å². The second-order valence-electron chi connectivity index (χ2n) is 4.65. The van der Waals surface area contributed by atoms with E-state index in [0.29, 0.717) is 12.1 Å². The van der Waals surface area contributed by atoms with Crippen LogP contribution in [-0.4, -0.2) is 14.3 Å². The molecule has 0 atom stereocenters. The van der Waals surface area contributed by atoms with E-state index < -0.39 is 10.0 Å². The minimum atomic E-state index is -3.76. The van der Waals surface area contributed by atoms with Gasteiger partial charge in [0.05, 0.1) is 22.7 Å². The molecule has 0 spiro atoms. The highest BCUT2D eigenvalue weighted by Gasteiger charge is 2.28. The summed E-state index contributed by atoms with van der Waals surface area (Å²) in [4.78, 5) is 15.5. The molecule has 0 aromatic heterocycles. The number of carbonyl (C=O) groups excluding carboxylic acids is 1. The van der Waals surface area contributed by atoms with Crippen LogP contribution in [0.3, 0.4) is 0 Å². The van der Waals surface area contributed by atoms with E-state index in [1.807, 2.05) is 24.3 Å². The summed E-state index contributed by atoms with van der Waals surface area (Å²) >= 11 is 0. The Morgan fingerprint density at radius 2 is 1.86 bits per heavy atom. The third-order valence-corrected chi connectivity index (χ3v) is 4.55. The van der Waals surface area contributed by atoms with Crippen LogP contribution in [0, 0.1) is 0 Å². The van der Waals surface area contributed by atoms with Gasteiger partial charge >= 0.3 is 0 Å². The Morgan fingerprint density at radius 1 is 1.10 bits per heavy atom. The molecule has 1 aliphatic heterocycles. The third kappa shape index (κ3) is 2.31. The van der Waals surface area contributed by atoms with E-state index in [1.54, 1.807) is 17.0 Å². The van der Waals surface area contributed by atoms with Gasteiger partial charge in [0.1, 0.15) is 0 Å². The van der Waals surface area contributed by atoms with Crippen LogP contribution in [0.2, 0.25) is 0 Å². The Hall–Kier alpha value is -2.22. The fourth-order valence-corrected chi connectivity index (χ4v) is 3.07. The van der Waals surface area contributed by atoms with E-state index in [4.69, 9.17) is 5.84 Å². The number of fused-ring (bicyclic) bond motifs is 1. The molecular formula is C14H13N3O3S. The SMILES string of the molecule is NNS(=O)(=O)c1cccc(N2C(=O)Cc3ccccc32)c1. The summed E-state index contributed by atoms with van der Waals surface area (Å²) in [6, 6.07) is 13.5. The molecule has 0 saturated carbocycles. The van der Waals surface area contributed by atoms with Crippen molar-refractivity contribution >= 4 is 27.3 Å². The number of hydrazine groups is 1. The fraction of sp³-hybridized carbons (Fsp3) is 0.0714. The molecule has 0 radical (unpaired) electrons. The molecule has 21 heavy (non-hydrogen) atoms. The number of nitrogens with one attached hydrogen (secondary N) is 1. The summed E-state index contributed by atoms with van der Waals surface area (Å²) < 4.78 is 23.5. The van der Waals surface area contributed by atoms with E-state index >= 15 is 0 Å². The molecule has 1 aliphatic rings. The van der Waals surface area contributed by atoms with Gasteiger partial charge in [-0.15, -0.1) is 0 Å².